The molecule has 2 heteroatoms. The van der Waals surface area contributed by atoms with E-state index >= 15 is 0 Å². The molecule has 1 aromatic rings. The van der Waals surface area contributed by atoms with E-state index in [9.17, 15) is 0 Å². The molecule has 1 fully saturated rings. The van der Waals surface area contributed by atoms with Gasteiger partial charge in [-0.05, 0) is 24.8 Å². The summed E-state index contributed by atoms with van der Waals surface area (Å²) in [5, 5.41) is 0. The number of rotatable bonds is 2. The molecule has 1 aromatic carbocycles. The summed E-state index contributed by atoms with van der Waals surface area (Å²) in [7, 11) is 0. The van der Waals surface area contributed by atoms with Gasteiger partial charge in [-0.1, -0.05) is 37.3 Å². The Labute approximate surface area is 98.4 Å². The fraction of sp³-hybridized carbons (Fsp3) is 0.571. The molecular formula is C14H22N2. The largest absolute Gasteiger partial charge is 0.327 e. The third-order valence-electron chi connectivity index (χ3n) is 3.77. The first-order valence-electron chi connectivity index (χ1n) is 6.20. The first kappa shape index (κ1) is 11.6. The normalized spacial score (nSPS) is 31.6. The van der Waals surface area contributed by atoms with Crippen LogP contribution >= 0.6 is 0 Å². The van der Waals surface area contributed by atoms with Crippen molar-refractivity contribution in [3.63, 3.8) is 0 Å². The van der Waals surface area contributed by atoms with E-state index in [1.165, 1.54) is 5.56 Å². The Morgan fingerprint density at radius 1 is 1.25 bits per heavy atom. The minimum Gasteiger partial charge on any atom is -0.327 e. The topological polar surface area (TPSA) is 29.3 Å². The lowest BCUT2D eigenvalue weighted by Gasteiger charge is -2.41. The maximum absolute atomic E-state index is 6.09. The standard InChI is InChI=1S/C14H22N2/c1-11-8-14(15)10-16(12(11)2)9-13-6-4-3-5-7-13/h3-7,11-12,14H,8-10,15H2,1-2H3/t11-,12+,14+/m1/s1. The van der Waals surface area contributed by atoms with Crippen LogP contribution in [0.3, 0.4) is 0 Å². The van der Waals surface area contributed by atoms with Crippen LogP contribution in [-0.4, -0.2) is 23.5 Å². The van der Waals surface area contributed by atoms with Crippen molar-refractivity contribution in [3.8, 4) is 0 Å². The predicted molar refractivity (Wildman–Crippen MR) is 68.1 cm³/mol. The van der Waals surface area contributed by atoms with Crippen molar-refractivity contribution in [2.75, 3.05) is 6.54 Å². The van der Waals surface area contributed by atoms with Gasteiger partial charge in [0.05, 0.1) is 0 Å². The van der Waals surface area contributed by atoms with Gasteiger partial charge in [-0.2, -0.15) is 0 Å². The molecule has 16 heavy (non-hydrogen) atoms. The van der Waals surface area contributed by atoms with Crippen molar-refractivity contribution in [1.82, 2.24) is 4.90 Å². The van der Waals surface area contributed by atoms with Gasteiger partial charge in [0.25, 0.3) is 0 Å². The van der Waals surface area contributed by atoms with Gasteiger partial charge in [-0.3, -0.25) is 4.90 Å². The molecule has 0 amide bonds. The number of piperidine rings is 1. The summed E-state index contributed by atoms with van der Waals surface area (Å²) in [6, 6.07) is 11.6. The SMILES string of the molecule is C[C@@H]1C[C@H](N)CN(Cc2ccccc2)[C@H]1C. The van der Waals surface area contributed by atoms with E-state index in [0.717, 1.165) is 19.5 Å². The Balaban J connectivity index is 2.03. The number of nitrogens with two attached hydrogens (primary N) is 1. The van der Waals surface area contributed by atoms with Crippen molar-refractivity contribution in [2.24, 2.45) is 11.7 Å². The lowest BCUT2D eigenvalue weighted by Crippen LogP contribution is -2.50. The van der Waals surface area contributed by atoms with Crippen molar-refractivity contribution >= 4 is 0 Å². The van der Waals surface area contributed by atoms with Crippen molar-refractivity contribution in [1.29, 1.82) is 0 Å². The van der Waals surface area contributed by atoms with Crippen molar-refractivity contribution in [3.05, 3.63) is 35.9 Å². The molecule has 1 saturated heterocycles. The lowest BCUT2D eigenvalue weighted by atomic mass is 9.89. The van der Waals surface area contributed by atoms with Crippen LogP contribution in [0.25, 0.3) is 0 Å². The number of likely N-dealkylation sites (tertiary alicyclic amines) is 1. The Bertz CT molecular complexity index is 323. The smallest absolute Gasteiger partial charge is 0.0237 e. The molecule has 2 rings (SSSR count). The molecule has 0 unspecified atom stereocenters. The van der Waals surface area contributed by atoms with Crippen LogP contribution in [0.4, 0.5) is 0 Å². The Morgan fingerprint density at radius 2 is 1.94 bits per heavy atom. The number of hydrogen-bond donors (Lipinski definition) is 1. The second kappa shape index (κ2) is 4.98. The molecule has 1 aliphatic heterocycles. The van der Waals surface area contributed by atoms with Crippen LogP contribution in [0.1, 0.15) is 25.8 Å². The van der Waals surface area contributed by atoms with Crippen molar-refractivity contribution < 1.29 is 0 Å². The molecular weight excluding hydrogens is 196 g/mol. The van der Waals surface area contributed by atoms with E-state index < -0.39 is 0 Å². The van der Waals surface area contributed by atoms with Crippen LogP contribution in [0.2, 0.25) is 0 Å². The maximum atomic E-state index is 6.09. The van der Waals surface area contributed by atoms with E-state index in [4.69, 9.17) is 5.73 Å². The Hall–Kier alpha value is -0.860. The zero-order valence-electron chi connectivity index (χ0n) is 10.3. The molecule has 0 aliphatic carbocycles. The molecule has 0 aromatic heterocycles. The van der Waals surface area contributed by atoms with Gasteiger partial charge in [0.15, 0.2) is 0 Å². The summed E-state index contributed by atoms with van der Waals surface area (Å²) >= 11 is 0. The Morgan fingerprint density at radius 3 is 2.62 bits per heavy atom. The summed E-state index contributed by atoms with van der Waals surface area (Å²) in [4.78, 5) is 2.51. The van der Waals surface area contributed by atoms with Crippen LogP contribution in [-0.2, 0) is 6.54 Å². The van der Waals surface area contributed by atoms with Gasteiger partial charge in [0.2, 0.25) is 0 Å². The quantitative estimate of drug-likeness (QED) is 0.825. The summed E-state index contributed by atoms with van der Waals surface area (Å²) in [6.45, 7) is 6.68. The van der Waals surface area contributed by atoms with Gasteiger partial charge >= 0.3 is 0 Å². The molecule has 0 bridgehead atoms. The third kappa shape index (κ3) is 2.63. The molecule has 0 spiro atoms. The zero-order chi connectivity index (χ0) is 11.5. The molecule has 0 radical (unpaired) electrons. The maximum Gasteiger partial charge on any atom is 0.0237 e. The second-order valence-corrected chi connectivity index (χ2v) is 5.13. The average Bonchev–Trinajstić information content (AvgIpc) is 2.27. The van der Waals surface area contributed by atoms with Gasteiger partial charge in [-0.15, -0.1) is 0 Å². The van der Waals surface area contributed by atoms with Gasteiger partial charge in [0, 0.05) is 25.2 Å². The van der Waals surface area contributed by atoms with E-state index in [0.29, 0.717) is 18.0 Å². The summed E-state index contributed by atoms with van der Waals surface area (Å²) in [6.07, 6.45) is 1.16. The molecule has 1 aliphatic rings. The lowest BCUT2D eigenvalue weighted by molar-refractivity contribution is 0.0925. The summed E-state index contributed by atoms with van der Waals surface area (Å²) < 4.78 is 0. The molecule has 0 saturated carbocycles. The van der Waals surface area contributed by atoms with Crippen LogP contribution in [0.5, 0.6) is 0 Å². The summed E-state index contributed by atoms with van der Waals surface area (Å²) in [5.74, 6) is 0.701. The van der Waals surface area contributed by atoms with Gasteiger partial charge in [0.1, 0.15) is 0 Å². The van der Waals surface area contributed by atoms with Crippen LogP contribution in [0, 0.1) is 5.92 Å². The fourth-order valence-electron chi connectivity index (χ4n) is 2.60. The van der Waals surface area contributed by atoms with Crippen LogP contribution in [0.15, 0.2) is 30.3 Å². The zero-order valence-corrected chi connectivity index (χ0v) is 10.3. The molecule has 88 valence electrons. The van der Waals surface area contributed by atoms with Gasteiger partial charge < -0.3 is 5.73 Å². The molecule has 2 nitrogen and oxygen atoms in total. The molecule has 3 atom stereocenters. The minimum atomic E-state index is 0.343. The molecule has 1 heterocycles. The Kier molecular flexibility index (Phi) is 3.62. The van der Waals surface area contributed by atoms with Gasteiger partial charge in [-0.25, -0.2) is 0 Å². The minimum absolute atomic E-state index is 0.343. The highest BCUT2D eigenvalue weighted by Gasteiger charge is 2.28. The van der Waals surface area contributed by atoms with Crippen LogP contribution < -0.4 is 5.73 Å². The molecule has 2 N–H and O–H groups in total. The third-order valence-corrected chi connectivity index (χ3v) is 3.77. The first-order chi connectivity index (χ1) is 7.66. The average molecular weight is 218 g/mol. The monoisotopic (exact) mass is 218 g/mol. The van der Waals surface area contributed by atoms with E-state index in [2.05, 4.69) is 49.1 Å². The second-order valence-electron chi connectivity index (χ2n) is 5.13. The fourth-order valence-corrected chi connectivity index (χ4v) is 2.60. The number of benzene rings is 1. The highest BCUT2D eigenvalue weighted by molar-refractivity contribution is 5.14. The highest BCUT2D eigenvalue weighted by atomic mass is 15.2. The highest BCUT2D eigenvalue weighted by Crippen LogP contribution is 2.23. The predicted octanol–water partition coefficient (Wildman–Crippen LogP) is 2.24. The van der Waals surface area contributed by atoms with E-state index in [-0.39, 0.29) is 0 Å². The number of hydrogen-bond acceptors (Lipinski definition) is 2. The van der Waals surface area contributed by atoms with E-state index in [1.54, 1.807) is 0 Å². The van der Waals surface area contributed by atoms with Crippen molar-refractivity contribution in [2.45, 2.75) is 38.9 Å². The first-order valence-corrected chi connectivity index (χ1v) is 6.20. The summed E-state index contributed by atoms with van der Waals surface area (Å²) in [5.41, 5.74) is 7.47. The van der Waals surface area contributed by atoms with E-state index in [1.807, 2.05) is 0 Å². The number of nitrogens with zero attached hydrogens (tertiary/aromatic N) is 1.